The average Bonchev–Trinajstić information content (AvgIpc) is 2.78. The van der Waals surface area contributed by atoms with Crippen molar-refractivity contribution in [3.63, 3.8) is 0 Å². The van der Waals surface area contributed by atoms with Crippen molar-refractivity contribution >= 4 is 5.97 Å². The Morgan fingerprint density at radius 1 is 1.33 bits per heavy atom. The molecule has 0 unspecified atom stereocenters. The minimum Gasteiger partial charge on any atom is -0.481 e. The monoisotopic (exact) mass is 244 g/mol. The van der Waals surface area contributed by atoms with Crippen LogP contribution in [0, 0.1) is 13.8 Å². The van der Waals surface area contributed by atoms with E-state index in [1.165, 1.54) is 11.1 Å². The van der Waals surface area contributed by atoms with E-state index in [9.17, 15) is 4.79 Å². The molecule has 2 aromatic rings. The molecule has 0 atom stereocenters. The molecule has 0 aliphatic rings. The molecule has 0 amide bonds. The largest absolute Gasteiger partial charge is 0.481 e. The number of rotatable bonds is 4. The Balaban J connectivity index is 2.30. The van der Waals surface area contributed by atoms with Crippen LogP contribution in [0.5, 0.6) is 0 Å². The predicted molar refractivity (Wildman–Crippen MR) is 69.5 cm³/mol. The fourth-order valence-electron chi connectivity index (χ4n) is 1.88. The molecule has 1 aromatic heterocycles. The van der Waals surface area contributed by atoms with Crippen molar-refractivity contribution in [3.8, 4) is 11.3 Å². The highest BCUT2D eigenvalue weighted by atomic mass is 16.4. The van der Waals surface area contributed by atoms with Crippen molar-refractivity contribution in [2.45, 2.75) is 26.7 Å². The van der Waals surface area contributed by atoms with E-state index in [-0.39, 0.29) is 6.42 Å². The van der Waals surface area contributed by atoms with E-state index in [0.717, 1.165) is 17.0 Å². The molecule has 0 saturated carbocycles. The lowest BCUT2D eigenvalue weighted by Crippen LogP contribution is -1.99. The summed E-state index contributed by atoms with van der Waals surface area (Å²) >= 11 is 0. The van der Waals surface area contributed by atoms with Gasteiger partial charge >= 0.3 is 5.97 Å². The average molecular weight is 244 g/mol. The Morgan fingerprint density at radius 3 is 2.78 bits per heavy atom. The van der Waals surface area contributed by atoms with Crippen LogP contribution in [-0.2, 0) is 11.2 Å². The summed E-state index contributed by atoms with van der Waals surface area (Å²) < 4.78 is 0. The highest BCUT2D eigenvalue weighted by molar-refractivity contribution is 5.68. The number of hydrogen-bond acceptors (Lipinski definition) is 2. The number of aromatic nitrogens is 2. The van der Waals surface area contributed by atoms with Crippen molar-refractivity contribution < 1.29 is 9.90 Å². The van der Waals surface area contributed by atoms with Gasteiger partial charge in [0.05, 0.1) is 18.4 Å². The molecule has 2 N–H and O–H groups in total. The van der Waals surface area contributed by atoms with Crippen LogP contribution in [0.3, 0.4) is 0 Å². The number of nitrogens with one attached hydrogen (secondary N) is 1. The highest BCUT2D eigenvalue weighted by Gasteiger charge is 2.10. The van der Waals surface area contributed by atoms with Crippen LogP contribution < -0.4 is 0 Å². The number of benzene rings is 1. The Kier molecular flexibility index (Phi) is 3.46. The van der Waals surface area contributed by atoms with E-state index >= 15 is 0 Å². The second-order valence-corrected chi connectivity index (χ2v) is 4.42. The normalized spacial score (nSPS) is 10.6. The van der Waals surface area contributed by atoms with Crippen molar-refractivity contribution in [1.82, 2.24) is 9.97 Å². The van der Waals surface area contributed by atoms with Gasteiger partial charge in [0.2, 0.25) is 0 Å². The van der Waals surface area contributed by atoms with Gasteiger partial charge in [-0.25, -0.2) is 4.98 Å². The molecule has 18 heavy (non-hydrogen) atoms. The van der Waals surface area contributed by atoms with Gasteiger partial charge in [-0.05, 0) is 31.0 Å². The van der Waals surface area contributed by atoms with Crippen molar-refractivity contribution in [3.05, 3.63) is 41.3 Å². The quantitative estimate of drug-likeness (QED) is 0.869. The first-order chi connectivity index (χ1) is 8.58. The van der Waals surface area contributed by atoms with Crippen LogP contribution in [0.1, 0.15) is 23.2 Å². The van der Waals surface area contributed by atoms with Gasteiger partial charge in [0, 0.05) is 17.7 Å². The van der Waals surface area contributed by atoms with Gasteiger partial charge in [-0.15, -0.1) is 0 Å². The first-order valence-electron chi connectivity index (χ1n) is 5.89. The molecule has 0 aliphatic carbocycles. The van der Waals surface area contributed by atoms with E-state index in [4.69, 9.17) is 5.11 Å². The second kappa shape index (κ2) is 5.04. The maximum Gasteiger partial charge on any atom is 0.303 e. The molecule has 94 valence electrons. The van der Waals surface area contributed by atoms with E-state index in [1.54, 1.807) is 6.33 Å². The first kappa shape index (κ1) is 12.4. The van der Waals surface area contributed by atoms with Crippen LogP contribution in [-0.4, -0.2) is 21.0 Å². The minimum atomic E-state index is -0.796. The second-order valence-electron chi connectivity index (χ2n) is 4.42. The maximum atomic E-state index is 10.6. The van der Waals surface area contributed by atoms with Crippen molar-refractivity contribution in [1.29, 1.82) is 0 Å². The lowest BCUT2D eigenvalue weighted by atomic mass is 10.0. The number of aliphatic carboxylic acids is 1. The Hall–Kier alpha value is -2.10. The molecule has 1 aromatic carbocycles. The third-order valence-corrected chi connectivity index (χ3v) is 3.09. The lowest BCUT2D eigenvalue weighted by Gasteiger charge is -2.05. The van der Waals surface area contributed by atoms with Gasteiger partial charge in [-0.1, -0.05) is 12.1 Å². The molecule has 0 bridgehead atoms. The van der Waals surface area contributed by atoms with E-state index < -0.39 is 5.97 Å². The summed E-state index contributed by atoms with van der Waals surface area (Å²) in [5, 5.41) is 8.72. The highest BCUT2D eigenvalue weighted by Crippen LogP contribution is 2.23. The molecule has 0 fully saturated rings. The Morgan fingerprint density at radius 2 is 2.11 bits per heavy atom. The maximum absolute atomic E-state index is 10.6. The molecular weight excluding hydrogens is 228 g/mol. The Bertz CT molecular complexity index is 573. The van der Waals surface area contributed by atoms with Crippen LogP contribution in [0.2, 0.25) is 0 Å². The summed E-state index contributed by atoms with van der Waals surface area (Å²) in [5.74, 6) is -0.796. The van der Waals surface area contributed by atoms with Crippen molar-refractivity contribution in [2.24, 2.45) is 0 Å². The summed E-state index contributed by atoms with van der Waals surface area (Å²) in [5.41, 5.74) is 5.20. The summed E-state index contributed by atoms with van der Waals surface area (Å²) in [6.45, 7) is 4.12. The van der Waals surface area contributed by atoms with E-state index in [2.05, 4.69) is 35.9 Å². The van der Waals surface area contributed by atoms with Gasteiger partial charge in [-0.2, -0.15) is 0 Å². The van der Waals surface area contributed by atoms with Crippen LogP contribution in [0.4, 0.5) is 0 Å². The van der Waals surface area contributed by atoms with Crippen LogP contribution >= 0.6 is 0 Å². The third kappa shape index (κ3) is 2.59. The number of nitrogens with zero attached hydrogens (tertiary/aromatic N) is 1. The zero-order valence-electron chi connectivity index (χ0n) is 10.5. The van der Waals surface area contributed by atoms with Gasteiger partial charge in [0.1, 0.15) is 0 Å². The molecule has 4 heteroatoms. The lowest BCUT2D eigenvalue weighted by molar-refractivity contribution is -0.136. The number of carbonyl (C=O) groups is 1. The third-order valence-electron chi connectivity index (χ3n) is 3.09. The SMILES string of the molecule is Cc1ccc(-c2nc[nH]c2CCC(=O)O)cc1C. The van der Waals surface area contributed by atoms with E-state index in [1.807, 2.05) is 6.07 Å². The zero-order chi connectivity index (χ0) is 13.1. The fraction of sp³-hybridized carbons (Fsp3) is 0.286. The topological polar surface area (TPSA) is 66.0 Å². The standard InChI is InChI=1S/C14H16N2O2/c1-9-3-4-11(7-10(9)2)14-12(15-8-16-14)5-6-13(17)18/h3-4,7-8H,5-6H2,1-2H3,(H,15,16)(H,17,18). The van der Waals surface area contributed by atoms with Gasteiger partial charge < -0.3 is 10.1 Å². The molecule has 2 rings (SSSR count). The number of carboxylic acid groups (broad SMARTS) is 1. The molecule has 0 spiro atoms. The predicted octanol–water partition coefficient (Wildman–Crippen LogP) is 2.71. The molecule has 0 radical (unpaired) electrons. The number of imidazole rings is 1. The van der Waals surface area contributed by atoms with Gasteiger partial charge in [-0.3, -0.25) is 4.79 Å². The summed E-state index contributed by atoms with van der Waals surface area (Å²) in [7, 11) is 0. The van der Waals surface area contributed by atoms with Crippen molar-refractivity contribution in [2.75, 3.05) is 0 Å². The Labute approximate surface area is 106 Å². The summed E-state index contributed by atoms with van der Waals surface area (Å²) in [6.07, 6.45) is 2.19. The fourth-order valence-corrected chi connectivity index (χ4v) is 1.88. The van der Waals surface area contributed by atoms with Gasteiger partial charge in [0.15, 0.2) is 0 Å². The number of carboxylic acids is 1. The van der Waals surface area contributed by atoms with E-state index in [0.29, 0.717) is 6.42 Å². The zero-order valence-corrected chi connectivity index (χ0v) is 10.5. The number of hydrogen-bond donors (Lipinski definition) is 2. The molecular formula is C14H16N2O2. The van der Waals surface area contributed by atoms with Crippen LogP contribution in [0.25, 0.3) is 11.3 Å². The molecule has 1 heterocycles. The molecule has 0 aliphatic heterocycles. The number of aromatic amines is 1. The molecule has 0 saturated heterocycles. The number of aryl methyl sites for hydroxylation is 3. The first-order valence-corrected chi connectivity index (χ1v) is 5.89. The summed E-state index contributed by atoms with van der Waals surface area (Å²) in [6, 6.07) is 6.15. The summed E-state index contributed by atoms with van der Waals surface area (Å²) in [4.78, 5) is 17.9. The smallest absolute Gasteiger partial charge is 0.303 e. The van der Waals surface area contributed by atoms with Gasteiger partial charge in [0.25, 0.3) is 0 Å². The molecule has 4 nitrogen and oxygen atoms in total. The minimum absolute atomic E-state index is 0.111. The number of H-pyrrole nitrogens is 1. The van der Waals surface area contributed by atoms with Crippen LogP contribution in [0.15, 0.2) is 24.5 Å².